The number of carbonyl (C=O) groups is 2. The Balaban J connectivity index is 2.07. The lowest BCUT2D eigenvalue weighted by Gasteiger charge is -2.13. The summed E-state index contributed by atoms with van der Waals surface area (Å²) in [6, 6.07) is 7.96. The highest BCUT2D eigenvalue weighted by atomic mass is 35.5. The summed E-state index contributed by atoms with van der Waals surface area (Å²) in [5, 5.41) is 7.13. The molecule has 2 rings (SSSR count). The normalized spacial score (nSPS) is 11.9. The number of methoxy groups -OCH3 is 1. The van der Waals surface area contributed by atoms with Crippen LogP contribution in [0.5, 0.6) is 0 Å². The Morgan fingerprint density at radius 1 is 1.26 bits per heavy atom. The van der Waals surface area contributed by atoms with E-state index in [4.69, 9.17) is 21.1 Å². The SMILES string of the molecule is COCCNC(=O)[C@H](C)OC(=O)c1c(C)nn(Cc2ccc(C)cc2)c1Cl. The maximum absolute atomic E-state index is 12.5. The first-order valence-electron chi connectivity index (χ1n) is 8.59. The summed E-state index contributed by atoms with van der Waals surface area (Å²) in [7, 11) is 1.54. The molecule has 1 atom stereocenters. The summed E-state index contributed by atoms with van der Waals surface area (Å²) in [4.78, 5) is 24.4. The zero-order chi connectivity index (χ0) is 20.0. The summed E-state index contributed by atoms with van der Waals surface area (Å²) >= 11 is 6.35. The lowest BCUT2D eigenvalue weighted by molar-refractivity contribution is -0.129. The maximum atomic E-state index is 12.5. The third-order valence-corrected chi connectivity index (χ3v) is 4.37. The van der Waals surface area contributed by atoms with Crippen LogP contribution in [-0.2, 0) is 20.8 Å². The molecule has 27 heavy (non-hydrogen) atoms. The highest BCUT2D eigenvalue weighted by Crippen LogP contribution is 2.22. The molecule has 7 nitrogen and oxygen atoms in total. The summed E-state index contributed by atoms with van der Waals surface area (Å²) in [6.45, 7) is 6.34. The number of rotatable bonds is 8. The zero-order valence-corrected chi connectivity index (χ0v) is 16.7. The maximum Gasteiger partial charge on any atom is 0.343 e. The number of amides is 1. The van der Waals surface area contributed by atoms with E-state index < -0.39 is 18.0 Å². The van der Waals surface area contributed by atoms with Crippen molar-refractivity contribution in [3.05, 3.63) is 51.8 Å². The van der Waals surface area contributed by atoms with Gasteiger partial charge in [0, 0.05) is 13.7 Å². The smallest absolute Gasteiger partial charge is 0.343 e. The molecule has 1 heterocycles. The van der Waals surface area contributed by atoms with Crippen molar-refractivity contribution >= 4 is 23.5 Å². The molecule has 1 amide bonds. The number of ether oxygens (including phenoxy) is 2. The molecule has 1 aromatic carbocycles. The number of hydrogen-bond acceptors (Lipinski definition) is 5. The van der Waals surface area contributed by atoms with E-state index in [1.807, 2.05) is 31.2 Å². The van der Waals surface area contributed by atoms with Gasteiger partial charge < -0.3 is 14.8 Å². The number of aryl methyl sites for hydroxylation is 2. The second-order valence-electron chi connectivity index (χ2n) is 6.23. The van der Waals surface area contributed by atoms with E-state index >= 15 is 0 Å². The number of benzene rings is 1. The van der Waals surface area contributed by atoms with Crippen LogP contribution in [0, 0.1) is 13.8 Å². The lowest BCUT2D eigenvalue weighted by atomic mass is 10.1. The molecule has 0 aliphatic heterocycles. The minimum Gasteiger partial charge on any atom is -0.449 e. The van der Waals surface area contributed by atoms with E-state index in [0.29, 0.717) is 25.4 Å². The quantitative estimate of drug-likeness (QED) is 0.550. The monoisotopic (exact) mass is 393 g/mol. The van der Waals surface area contributed by atoms with Gasteiger partial charge in [-0.2, -0.15) is 5.10 Å². The van der Waals surface area contributed by atoms with Crippen LogP contribution in [0.1, 0.15) is 34.1 Å². The van der Waals surface area contributed by atoms with Gasteiger partial charge in [0.1, 0.15) is 10.7 Å². The molecule has 2 aromatic rings. The van der Waals surface area contributed by atoms with Crippen LogP contribution in [0.3, 0.4) is 0 Å². The van der Waals surface area contributed by atoms with Crippen molar-refractivity contribution in [1.29, 1.82) is 0 Å². The van der Waals surface area contributed by atoms with Crippen molar-refractivity contribution < 1.29 is 19.1 Å². The van der Waals surface area contributed by atoms with Crippen LogP contribution in [0.2, 0.25) is 5.15 Å². The fourth-order valence-electron chi connectivity index (χ4n) is 2.45. The first kappa shape index (κ1) is 20.9. The highest BCUT2D eigenvalue weighted by Gasteiger charge is 2.25. The Labute approximate surface area is 163 Å². The van der Waals surface area contributed by atoms with Crippen LogP contribution in [0.15, 0.2) is 24.3 Å². The van der Waals surface area contributed by atoms with Crippen LogP contribution in [0.25, 0.3) is 0 Å². The average Bonchev–Trinajstić information content (AvgIpc) is 2.90. The summed E-state index contributed by atoms with van der Waals surface area (Å²) in [5.41, 5.74) is 2.78. The van der Waals surface area contributed by atoms with Crippen molar-refractivity contribution in [3.8, 4) is 0 Å². The molecule has 0 saturated carbocycles. The predicted octanol–water partition coefficient (Wildman–Crippen LogP) is 2.51. The minimum absolute atomic E-state index is 0.167. The number of halogens is 1. The largest absolute Gasteiger partial charge is 0.449 e. The van der Waals surface area contributed by atoms with E-state index in [2.05, 4.69) is 10.4 Å². The van der Waals surface area contributed by atoms with Gasteiger partial charge in [0.25, 0.3) is 5.91 Å². The molecule has 8 heteroatoms. The third kappa shape index (κ3) is 5.55. The molecule has 146 valence electrons. The molecule has 0 spiro atoms. The average molecular weight is 394 g/mol. The van der Waals surface area contributed by atoms with Crippen molar-refractivity contribution in [3.63, 3.8) is 0 Å². The topological polar surface area (TPSA) is 82.4 Å². The number of esters is 1. The molecule has 0 fully saturated rings. The van der Waals surface area contributed by atoms with Gasteiger partial charge in [0.05, 0.1) is 18.8 Å². The molecule has 0 unspecified atom stereocenters. The van der Waals surface area contributed by atoms with Crippen LogP contribution >= 0.6 is 11.6 Å². The highest BCUT2D eigenvalue weighted by molar-refractivity contribution is 6.32. The van der Waals surface area contributed by atoms with E-state index in [-0.39, 0.29) is 10.7 Å². The lowest BCUT2D eigenvalue weighted by Crippen LogP contribution is -2.37. The Morgan fingerprint density at radius 2 is 1.93 bits per heavy atom. The molecule has 0 aliphatic rings. The molecule has 0 radical (unpaired) electrons. The van der Waals surface area contributed by atoms with Gasteiger partial charge in [-0.05, 0) is 26.3 Å². The standard InChI is InChI=1S/C19H24ClN3O4/c1-12-5-7-15(8-6-12)11-23-17(20)16(13(2)22-23)19(25)27-14(3)18(24)21-9-10-26-4/h5-8,14H,9-11H2,1-4H3,(H,21,24)/t14-/m0/s1. The van der Waals surface area contributed by atoms with Crippen molar-refractivity contribution in [1.82, 2.24) is 15.1 Å². The third-order valence-electron chi connectivity index (χ3n) is 3.98. The van der Waals surface area contributed by atoms with Crippen molar-refractivity contribution in [2.24, 2.45) is 0 Å². The fraction of sp³-hybridized carbons (Fsp3) is 0.421. The van der Waals surface area contributed by atoms with Gasteiger partial charge in [-0.3, -0.25) is 4.79 Å². The second-order valence-corrected chi connectivity index (χ2v) is 6.58. The minimum atomic E-state index is -0.953. The number of hydrogen-bond donors (Lipinski definition) is 1. The second kappa shape index (κ2) is 9.53. The van der Waals surface area contributed by atoms with E-state index in [0.717, 1.165) is 11.1 Å². The van der Waals surface area contributed by atoms with Gasteiger partial charge in [0.2, 0.25) is 0 Å². The Bertz CT molecular complexity index is 802. The number of nitrogens with one attached hydrogen (secondary N) is 1. The van der Waals surface area contributed by atoms with Gasteiger partial charge in [-0.25, -0.2) is 9.48 Å². The Kier molecular flexibility index (Phi) is 7.38. The molecular formula is C19H24ClN3O4. The summed E-state index contributed by atoms with van der Waals surface area (Å²) in [5.74, 6) is -1.08. The van der Waals surface area contributed by atoms with Gasteiger partial charge >= 0.3 is 5.97 Å². The molecule has 0 bridgehead atoms. The summed E-state index contributed by atoms with van der Waals surface area (Å²) in [6.07, 6.45) is -0.953. The van der Waals surface area contributed by atoms with E-state index in [1.54, 1.807) is 11.6 Å². The zero-order valence-electron chi connectivity index (χ0n) is 15.9. The Hall–Kier alpha value is -2.38. The molecule has 1 aromatic heterocycles. The van der Waals surface area contributed by atoms with E-state index in [9.17, 15) is 9.59 Å². The van der Waals surface area contributed by atoms with Gasteiger partial charge in [-0.15, -0.1) is 0 Å². The number of nitrogens with zero attached hydrogens (tertiary/aromatic N) is 2. The van der Waals surface area contributed by atoms with Crippen LogP contribution in [-0.4, -0.2) is 48.0 Å². The Morgan fingerprint density at radius 3 is 2.56 bits per heavy atom. The van der Waals surface area contributed by atoms with Crippen molar-refractivity contribution in [2.75, 3.05) is 20.3 Å². The number of carbonyl (C=O) groups excluding carboxylic acids is 2. The first-order chi connectivity index (χ1) is 12.8. The van der Waals surface area contributed by atoms with Crippen molar-refractivity contribution in [2.45, 2.75) is 33.4 Å². The van der Waals surface area contributed by atoms with Gasteiger partial charge in [0.15, 0.2) is 6.10 Å². The molecule has 1 N–H and O–H groups in total. The van der Waals surface area contributed by atoms with Crippen LogP contribution < -0.4 is 5.32 Å². The molecular weight excluding hydrogens is 370 g/mol. The van der Waals surface area contributed by atoms with Gasteiger partial charge in [-0.1, -0.05) is 41.4 Å². The fourth-order valence-corrected chi connectivity index (χ4v) is 2.76. The molecule has 0 aliphatic carbocycles. The van der Waals surface area contributed by atoms with Crippen LogP contribution in [0.4, 0.5) is 0 Å². The number of aromatic nitrogens is 2. The van der Waals surface area contributed by atoms with E-state index in [1.165, 1.54) is 14.0 Å². The predicted molar refractivity (Wildman–Crippen MR) is 102 cm³/mol. The molecule has 0 saturated heterocycles. The summed E-state index contributed by atoms with van der Waals surface area (Å²) < 4.78 is 11.6. The first-order valence-corrected chi connectivity index (χ1v) is 8.97.